The molecule has 1 amide bonds. The van der Waals surface area contributed by atoms with E-state index in [2.05, 4.69) is 9.97 Å². The molecule has 0 radical (unpaired) electrons. The Morgan fingerprint density at radius 1 is 1.27 bits per heavy atom. The van der Waals surface area contributed by atoms with Crippen LogP contribution in [0.25, 0.3) is 10.2 Å². The lowest BCUT2D eigenvalue weighted by Crippen LogP contribution is -2.34. The highest BCUT2D eigenvalue weighted by molar-refractivity contribution is 7.22. The van der Waals surface area contributed by atoms with Crippen LogP contribution in [-0.2, 0) is 20.8 Å². The monoisotopic (exact) mass is 387 g/mol. The predicted molar refractivity (Wildman–Crippen MR) is 100 cm³/mol. The Balaban J connectivity index is 1.73. The van der Waals surface area contributed by atoms with Crippen molar-refractivity contribution in [3.8, 4) is 0 Å². The molecule has 3 aromatic rings. The van der Waals surface area contributed by atoms with E-state index in [-0.39, 0.29) is 18.2 Å². The molecule has 1 aliphatic heterocycles. The zero-order valence-electron chi connectivity index (χ0n) is 13.6. The summed E-state index contributed by atoms with van der Waals surface area (Å²) < 4.78 is 11.6. The molecule has 6 nitrogen and oxygen atoms in total. The van der Waals surface area contributed by atoms with Gasteiger partial charge in [0.25, 0.3) is 5.91 Å². The van der Waals surface area contributed by atoms with Crippen molar-refractivity contribution in [2.24, 2.45) is 0 Å². The first-order chi connectivity index (χ1) is 12.7. The van der Waals surface area contributed by atoms with E-state index in [4.69, 9.17) is 21.1 Å². The van der Waals surface area contributed by atoms with E-state index < -0.39 is 0 Å². The second-order valence-corrected chi connectivity index (χ2v) is 6.97. The molecule has 0 saturated carbocycles. The normalized spacial score (nSPS) is 13.7. The van der Waals surface area contributed by atoms with Crippen LogP contribution < -0.4 is 4.90 Å². The second kappa shape index (κ2) is 7.31. The van der Waals surface area contributed by atoms with Crippen molar-refractivity contribution in [3.63, 3.8) is 0 Å². The Hall–Kier alpha value is -2.64. The molecular formula is C18H14ClN3O3S. The molecule has 0 spiro atoms. The van der Waals surface area contributed by atoms with E-state index in [9.17, 15) is 4.79 Å². The number of thiazole rings is 1. The van der Waals surface area contributed by atoms with Crippen molar-refractivity contribution < 1.29 is 14.3 Å². The van der Waals surface area contributed by atoms with Crippen molar-refractivity contribution in [2.75, 3.05) is 18.1 Å². The van der Waals surface area contributed by atoms with Gasteiger partial charge in [-0.2, -0.15) is 0 Å². The number of nitrogens with zero attached hydrogens (tertiary/aromatic N) is 3. The summed E-state index contributed by atoms with van der Waals surface area (Å²) in [5.74, 6) is -0.162. The molecule has 0 aliphatic carbocycles. The topological polar surface area (TPSA) is 64.6 Å². The summed E-state index contributed by atoms with van der Waals surface area (Å²) in [5.41, 5.74) is 1.53. The minimum Gasteiger partial charge on any atom is -0.494 e. The number of anilines is 1. The Labute approximate surface area is 158 Å². The molecule has 8 heteroatoms. The molecule has 1 aliphatic rings. The number of aromatic nitrogens is 2. The predicted octanol–water partition coefficient (Wildman–Crippen LogP) is 3.77. The highest BCUT2D eigenvalue weighted by atomic mass is 35.5. The van der Waals surface area contributed by atoms with Crippen LogP contribution in [0.5, 0.6) is 0 Å². The lowest BCUT2D eigenvalue weighted by Gasteiger charge is -2.22. The second-order valence-electron chi connectivity index (χ2n) is 5.52. The van der Waals surface area contributed by atoms with Gasteiger partial charge in [0.05, 0.1) is 22.5 Å². The SMILES string of the molecule is O=C(C1=COCCO1)N(Cc1ccccn1)c1nc2ccc(Cl)cc2s1. The van der Waals surface area contributed by atoms with Crippen LogP contribution in [-0.4, -0.2) is 29.1 Å². The number of hydrogen-bond acceptors (Lipinski definition) is 6. The molecule has 0 bridgehead atoms. The van der Waals surface area contributed by atoms with E-state index >= 15 is 0 Å². The number of rotatable bonds is 4. The highest BCUT2D eigenvalue weighted by Crippen LogP contribution is 2.32. The average molecular weight is 388 g/mol. The van der Waals surface area contributed by atoms with Crippen LogP contribution in [0.3, 0.4) is 0 Å². The van der Waals surface area contributed by atoms with Gasteiger partial charge < -0.3 is 9.47 Å². The summed E-state index contributed by atoms with van der Waals surface area (Å²) >= 11 is 7.45. The third kappa shape index (κ3) is 3.49. The number of halogens is 1. The van der Waals surface area contributed by atoms with Gasteiger partial charge >= 0.3 is 0 Å². The Morgan fingerprint density at radius 3 is 2.96 bits per heavy atom. The van der Waals surface area contributed by atoms with Gasteiger partial charge in [0.15, 0.2) is 5.13 Å². The summed E-state index contributed by atoms with van der Waals surface area (Å²) in [6.07, 6.45) is 3.04. The summed E-state index contributed by atoms with van der Waals surface area (Å²) in [6.45, 7) is 1.04. The molecule has 2 aromatic heterocycles. The van der Waals surface area contributed by atoms with Gasteiger partial charge in [-0.3, -0.25) is 14.7 Å². The summed E-state index contributed by atoms with van der Waals surface area (Å²) in [5, 5.41) is 1.18. The summed E-state index contributed by atoms with van der Waals surface area (Å²) in [4.78, 5) is 23.4. The smallest absolute Gasteiger partial charge is 0.298 e. The van der Waals surface area contributed by atoms with Gasteiger partial charge in [0.1, 0.15) is 19.5 Å². The summed E-state index contributed by atoms with van der Waals surface area (Å²) in [6, 6.07) is 11.0. The number of amides is 1. The first kappa shape index (κ1) is 16.8. The zero-order chi connectivity index (χ0) is 17.9. The van der Waals surface area contributed by atoms with Crippen LogP contribution in [0.1, 0.15) is 5.69 Å². The highest BCUT2D eigenvalue weighted by Gasteiger charge is 2.26. The van der Waals surface area contributed by atoms with E-state index in [1.807, 2.05) is 30.3 Å². The van der Waals surface area contributed by atoms with E-state index in [1.54, 1.807) is 17.2 Å². The van der Waals surface area contributed by atoms with Crippen molar-refractivity contribution in [3.05, 3.63) is 65.3 Å². The van der Waals surface area contributed by atoms with Gasteiger partial charge in [-0.05, 0) is 30.3 Å². The lowest BCUT2D eigenvalue weighted by atomic mass is 10.3. The maximum absolute atomic E-state index is 13.0. The number of hydrogen-bond donors (Lipinski definition) is 0. The van der Waals surface area contributed by atoms with Crippen LogP contribution in [0.2, 0.25) is 5.02 Å². The Bertz CT molecular complexity index is 974. The van der Waals surface area contributed by atoms with Gasteiger partial charge in [0.2, 0.25) is 5.76 Å². The van der Waals surface area contributed by atoms with Crippen LogP contribution in [0.15, 0.2) is 54.6 Å². The van der Waals surface area contributed by atoms with Crippen LogP contribution >= 0.6 is 22.9 Å². The zero-order valence-corrected chi connectivity index (χ0v) is 15.2. The van der Waals surface area contributed by atoms with Crippen molar-refractivity contribution in [1.82, 2.24) is 9.97 Å². The fourth-order valence-electron chi connectivity index (χ4n) is 2.50. The first-order valence-corrected chi connectivity index (χ1v) is 9.12. The molecule has 132 valence electrons. The molecular weight excluding hydrogens is 374 g/mol. The number of pyridine rings is 1. The van der Waals surface area contributed by atoms with Gasteiger partial charge in [-0.15, -0.1) is 0 Å². The maximum atomic E-state index is 13.0. The quantitative estimate of drug-likeness (QED) is 0.681. The minimum absolute atomic E-state index is 0.157. The molecule has 4 rings (SSSR count). The summed E-state index contributed by atoms with van der Waals surface area (Å²) in [7, 11) is 0. The van der Waals surface area contributed by atoms with Crippen LogP contribution in [0.4, 0.5) is 5.13 Å². The Kier molecular flexibility index (Phi) is 4.73. The minimum atomic E-state index is -0.319. The van der Waals surface area contributed by atoms with Gasteiger partial charge in [-0.1, -0.05) is 29.0 Å². The number of carbonyl (C=O) groups excluding carboxylic acids is 1. The van der Waals surface area contributed by atoms with Gasteiger partial charge in [-0.25, -0.2) is 4.98 Å². The van der Waals surface area contributed by atoms with Crippen molar-refractivity contribution in [2.45, 2.75) is 6.54 Å². The molecule has 0 fully saturated rings. The first-order valence-electron chi connectivity index (χ1n) is 7.93. The van der Waals surface area contributed by atoms with Crippen molar-refractivity contribution >= 4 is 44.2 Å². The number of benzene rings is 1. The third-order valence-electron chi connectivity index (χ3n) is 3.72. The molecule has 1 aromatic carbocycles. The van der Waals surface area contributed by atoms with Gasteiger partial charge in [0, 0.05) is 11.2 Å². The molecule has 0 unspecified atom stereocenters. The average Bonchev–Trinajstić information content (AvgIpc) is 3.10. The third-order valence-corrected chi connectivity index (χ3v) is 5.00. The van der Waals surface area contributed by atoms with Crippen molar-refractivity contribution in [1.29, 1.82) is 0 Å². The Morgan fingerprint density at radius 2 is 2.19 bits per heavy atom. The molecule has 3 heterocycles. The number of fused-ring (bicyclic) bond motifs is 1. The maximum Gasteiger partial charge on any atom is 0.298 e. The fourth-order valence-corrected chi connectivity index (χ4v) is 3.73. The lowest BCUT2D eigenvalue weighted by molar-refractivity contribution is -0.120. The van der Waals surface area contributed by atoms with E-state index in [0.29, 0.717) is 23.4 Å². The fraction of sp³-hybridized carbons (Fsp3) is 0.167. The van der Waals surface area contributed by atoms with E-state index in [0.717, 1.165) is 15.9 Å². The molecule has 0 saturated heterocycles. The molecule has 26 heavy (non-hydrogen) atoms. The number of carbonyl (C=O) groups is 1. The molecule has 0 atom stereocenters. The molecule has 0 N–H and O–H groups in total. The number of ether oxygens (including phenoxy) is 2. The van der Waals surface area contributed by atoms with E-state index in [1.165, 1.54) is 17.6 Å². The largest absolute Gasteiger partial charge is 0.494 e. The standard InChI is InChI=1S/C18H14ClN3O3S/c19-12-4-5-14-16(9-12)26-18(21-14)22(10-13-3-1-2-6-20-13)17(23)15-11-24-7-8-25-15/h1-6,9,11H,7-8,10H2. The van der Waals surface area contributed by atoms with Crippen LogP contribution in [0, 0.1) is 0 Å².